The first-order valence-corrected chi connectivity index (χ1v) is 5.96. The molecule has 2 N–H and O–H groups in total. The SMILES string of the molecule is Nc1ccccc1CCOc1ccc(F)cc1Cl. The summed E-state index contributed by atoms with van der Waals surface area (Å²) in [7, 11) is 0. The molecular weight excluding hydrogens is 253 g/mol. The molecule has 2 rings (SSSR count). The van der Waals surface area contributed by atoms with Crippen molar-refractivity contribution in [3.8, 4) is 5.75 Å². The zero-order valence-electron chi connectivity index (χ0n) is 9.70. The second-order valence-electron chi connectivity index (χ2n) is 3.87. The van der Waals surface area contributed by atoms with Gasteiger partial charge in [-0.05, 0) is 29.8 Å². The predicted molar refractivity (Wildman–Crippen MR) is 71.5 cm³/mol. The van der Waals surface area contributed by atoms with Crippen molar-refractivity contribution >= 4 is 17.3 Å². The van der Waals surface area contributed by atoms with Crippen molar-refractivity contribution in [1.82, 2.24) is 0 Å². The van der Waals surface area contributed by atoms with Crippen molar-refractivity contribution in [1.29, 1.82) is 0 Å². The molecule has 0 heterocycles. The Labute approximate surface area is 110 Å². The highest BCUT2D eigenvalue weighted by Gasteiger charge is 2.04. The lowest BCUT2D eigenvalue weighted by Crippen LogP contribution is -2.04. The van der Waals surface area contributed by atoms with Crippen LogP contribution in [-0.2, 0) is 6.42 Å². The maximum Gasteiger partial charge on any atom is 0.138 e. The highest BCUT2D eigenvalue weighted by molar-refractivity contribution is 6.32. The van der Waals surface area contributed by atoms with Gasteiger partial charge in [0.1, 0.15) is 11.6 Å². The molecule has 2 aromatic rings. The van der Waals surface area contributed by atoms with Crippen molar-refractivity contribution < 1.29 is 9.13 Å². The number of benzene rings is 2. The molecule has 0 bridgehead atoms. The summed E-state index contributed by atoms with van der Waals surface area (Å²) in [6, 6.07) is 11.7. The monoisotopic (exact) mass is 265 g/mol. The first kappa shape index (κ1) is 12.7. The quantitative estimate of drug-likeness (QED) is 0.856. The fourth-order valence-electron chi connectivity index (χ4n) is 1.63. The number of anilines is 1. The Bertz CT molecular complexity index is 545. The molecule has 4 heteroatoms. The van der Waals surface area contributed by atoms with E-state index in [2.05, 4.69) is 0 Å². The Morgan fingerprint density at radius 1 is 1.17 bits per heavy atom. The maximum absolute atomic E-state index is 12.8. The van der Waals surface area contributed by atoms with E-state index < -0.39 is 0 Å². The van der Waals surface area contributed by atoms with Gasteiger partial charge in [-0.1, -0.05) is 29.8 Å². The van der Waals surface area contributed by atoms with Crippen LogP contribution in [0, 0.1) is 5.82 Å². The van der Waals surface area contributed by atoms with E-state index in [9.17, 15) is 4.39 Å². The summed E-state index contributed by atoms with van der Waals surface area (Å²) in [6.45, 7) is 0.444. The van der Waals surface area contributed by atoms with Crippen LogP contribution in [-0.4, -0.2) is 6.61 Å². The number of nitrogen functional groups attached to an aromatic ring is 1. The number of para-hydroxylation sites is 1. The molecule has 0 radical (unpaired) electrons. The summed E-state index contributed by atoms with van der Waals surface area (Å²) in [5, 5.41) is 0.274. The summed E-state index contributed by atoms with van der Waals surface area (Å²) >= 11 is 5.85. The number of ether oxygens (including phenoxy) is 1. The molecule has 0 spiro atoms. The zero-order chi connectivity index (χ0) is 13.0. The van der Waals surface area contributed by atoms with Crippen LogP contribution in [0.15, 0.2) is 42.5 Å². The van der Waals surface area contributed by atoms with Gasteiger partial charge in [-0.3, -0.25) is 0 Å². The Morgan fingerprint density at radius 3 is 2.67 bits per heavy atom. The minimum atomic E-state index is -0.375. The molecule has 18 heavy (non-hydrogen) atoms. The van der Waals surface area contributed by atoms with Crippen molar-refractivity contribution in [3.63, 3.8) is 0 Å². The lowest BCUT2D eigenvalue weighted by molar-refractivity contribution is 0.322. The molecule has 0 aromatic heterocycles. The summed E-state index contributed by atoms with van der Waals surface area (Å²) in [5.41, 5.74) is 7.58. The van der Waals surface area contributed by atoms with Gasteiger partial charge in [-0.25, -0.2) is 4.39 Å². The first-order chi connectivity index (χ1) is 8.66. The van der Waals surface area contributed by atoms with Crippen molar-refractivity contribution in [2.45, 2.75) is 6.42 Å². The molecule has 0 atom stereocenters. The number of halogens is 2. The summed E-state index contributed by atoms with van der Waals surface area (Å²) in [5.74, 6) is 0.104. The Balaban J connectivity index is 1.95. The highest BCUT2D eigenvalue weighted by atomic mass is 35.5. The average molecular weight is 266 g/mol. The molecule has 2 nitrogen and oxygen atoms in total. The van der Waals surface area contributed by atoms with E-state index in [4.69, 9.17) is 22.1 Å². The Hall–Kier alpha value is -1.74. The molecule has 0 aliphatic heterocycles. The molecular formula is C14H13ClFNO. The minimum absolute atomic E-state index is 0.274. The normalized spacial score (nSPS) is 10.3. The van der Waals surface area contributed by atoms with Crippen LogP contribution in [0.4, 0.5) is 10.1 Å². The standard InChI is InChI=1S/C14H13ClFNO/c15-12-9-11(16)5-6-14(12)18-8-7-10-3-1-2-4-13(10)17/h1-6,9H,7-8,17H2. The molecule has 0 aliphatic carbocycles. The largest absolute Gasteiger partial charge is 0.492 e. The molecule has 0 aliphatic rings. The van der Waals surface area contributed by atoms with Crippen molar-refractivity contribution in [2.75, 3.05) is 12.3 Å². The number of rotatable bonds is 4. The number of nitrogens with two attached hydrogens (primary N) is 1. The van der Waals surface area contributed by atoms with E-state index in [1.807, 2.05) is 24.3 Å². The van der Waals surface area contributed by atoms with Gasteiger partial charge in [-0.2, -0.15) is 0 Å². The van der Waals surface area contributed by atoms with Crippen LogP contribution in [0.1, 0.15) is 5.56 Å². The van der Waals surface area contributed by atoms with E-state index in [1.165, 1.54) is 18.2 Å². The average Bonchev–Trinajstić information content (AvgIpc) is 2.34. The molecule has 0 fully saturated rings. The highest BCUT2D eigenvalue weighted by Crippen LogP contribution is 2.25. The predicted octanol–water partition coefficient (Wildman–Crippen LogP) is 3.68. The third-order valence-electron chi connectivity index (χ3n) is 2.58. The van der Waals surface area contributed by atoms with Crippen LogP contribution in [0.5, 0.6) is 5.75 Å². The topological polar surface area (TPSA) is 35.2 Å². The van der Waals surface area contributed by atoms with Gasteiger partial charge < -0.3 is 10.5 Å². The van der Waals surface area contributed by atoms with Crippen LogP contribution in [0.3, 0.4) is 0 Å². The van der Waals surface area contributed by atoms with Crippen LogP contribution in [0.2, 0.25) is 5.02 Å². The summed E-state index contributed by atoms with van der Waals surface area (Å²) in [4.78, 5) is 0. The second-order valence-corrected chi connectivity index (χ2v) is 4.28. The minimum Gasteiger partial charge on any atom is -0.492 e. The van der Waals surface area contributed by atoms with Crippen molar-refractivity contribution in [2.24, 2.45) is 0 Å². The van der Waals surface area contributed by atoms with Gasteiger partial charge in [0.25, 0.3) is 0 Å². The number of hydrogen-bond donors (Lipinski definition) is 1. The third-order valence-corrected chi connectivity index (χ3v) is 2.87. The van der Waals surface area contributed by atoms with Gasteiger partial charge in [0.05, 0.1) is 11.6 Å². The second kappa shape index (κ2) is 5.74. The van der Waals surface area contributed by atoms with Gasteiger partial charge in [0, 0.05) is 12.1 Å². The van der Waals surface area contributed by atoms with E-state index >= 15 is 0 Å². The molecule has 0 saturated heterocycles. The fraction of sp³-hybridized carbons (Fsp3) is 0.143. The van der Waals surface area contributed by atoms with Crippen molar-refractivity contribution in [3.05, 3.63) is 58.9 Å². The number of hydrogen-bond acceptors (Lipinski definition) is 2. The molecule has 2 aromatic carbocycles. The van der Waals surface area contributed by atoms with Gasteiger partial charge >= 0.3 is 0 Å². The van der Waals surface area contributed by atoms with Gasteiger partial charge in [0.15, 0.2) is 0 Å². The maximum atomic E-state index is 12.8. The van der Waals surface area contributed by atoms with E-state index in [0.717, 1.165) is 11.3 Å². The summed E-state index contributed by atoms with van der Waals surface area (Å²) in [6.07, 6.45) is 0.681. The van der Waals surface area contributed by atoms with Crippen LogP contribution in [0.25, 0.3) is 0 Å². The van der Waals surface area contributed by atoms with Gasteiger partial charge in [-0.15, -0.1) is 0 Å². The van der Waals surface area contributed by atoms with E-state index in [1.54, 1.807) is 0 Å². The third kappa shape index (κ3) is 3.14. The zero-order valence-corrected chi connectivity index (χ0v) is 10.5. The summed E-state index contributed by atoms with van der Waals surface area (Å²) < 4.78 is 18.3. The molecule has 0 amide bonds. The fourth-order valence-corrected chi connectivity index (χ4v) is 1.85. The first-order valence-electron chi connectivity index (χ1n) is 5.58. The van der Waals surface area contributed by atoms with Crippen LogP contribution < -0.4 is 10.5 Å². The molecule has 94 valence electrons. The van der Waals surface area contributed by atoms with E-state index in [-0.39, 0.29) is 10.8 Å². The molecule has 0 unspecified atom stereocenters. The van der Waals surface area contributed by atoms with Crippen LogP contribution >= 0.6 is 11.6 Å². The smallest absolute Gasteiger partial charge is 0.138 e. The van der Waals surface area contributed by atoms with E-state index in [0.29, 0.717) is 18.8 Å². The lowest BCUT2D eigenvalue weighted by atomic mass is 10.1. The molecule has 0 saturated carbocycles. The lowest BCUT2D eigenvalue weighted by Gasteiger charge is -2.09. The Kier molecular flexibility index (Phi) is 4.05. The Morgan fingerprint density at radius 2 is 1.94 bits per heavy atom. The van der Waals surface area contributed by atoms with Gasteiger partial charge in [0.2, 0.25) is 0 Å².